The number of hydrogen-bond acceptors (Lipinski definition) is 7. The lowest BCUT2D eigenvalue weighted by Gasteiger charge is -2.33. The zero-order valence-corrected chi connectivity index (χ0v) is 18.7. The summed E-state index contributed by atoms with van der Waals surface area (Å²) in [5.41, 5.74) is 1.91. The number of rotatable bonds is 9. The molecule has 2 heterocycles. The number of carbonyl (C=O) groups excluding carboxylic acids is 3. The Labute approximate surface area is 193 Å². The Hall–Kier alpha value is -3.62. The van der Waals surface area contributed by atoms with E-state index in [2.05, 4.69) is 20.5 Å². The Morgan fingerprint density at radius 2 is 1.76 bits per heavy atom. The number of ether oxygens (including phenoxy) is 2. The van der Waals surface area contributed by atoms with Crippen LogP contribution in [0, 0.1) is 5.92 Å². The third-order valence-corrected chi connectivity index (χ3v) is 5.45. The molecule has 1 fully saturated rings. The largest absolute Gasteiger partial charge is 0.464 e. The minimum Gasteiger partial charge on any atom is -0.464 e. The SMILES string of the molecule is CCOC(=O)C(CNC(=O)C1CCN(c2ccncc2)CC1)NC(=O)OCc1ccccc1. The van der Waals surface area contributed by atoms with Crippen LogP contribution < -0.4 is 15.5 Å². The van der Waals surface area contributed by atoms with E-state index >= 15 is 0 Å². The van der Waals surface area contributed by atoms with Crippen LogP contribution in [0.4, 0.5) is 10.5 Å². The van der Waals surface area contributed by atoms with Crippen LogP contribution in [-0.4, -0.2) is 55.2 Å². The van der Waals surface area contributed by atoms with Gasteiger partial charge in [-0.15, -0.1) is 0 Å². The number of benzene rings is 1. The summed E-state index contributed by atoms with van der Waals surface area (Å²) >= 11 is 0. The standard InChI is InChI=1S/C24H30N4O5/c1-2-32-23(30)21(27-24(31)33-17-18-6-4-3-5-7-18)16-26-22(29)19-10-14-28(15-11-19)20-8-12-25-13-9-20/h3-9,12-13,19,21H,2,10-11,14-17H2,1H3,(H,26,29)(H,27,31). The van der Waals surface area contributed by atoms with Crippen molar-refractivity contribution in [3.8, 4) is 0 Å². The molecule has 1 aromatic carbocycles. The van der Waals surface area contributed by atoms with E-state index in [1.807, 2.05) is 42.5 Å². The molecule has 0 aliphatic carbocycles. The Kier molecular flexibility index (Phi) is 9.05. The fourth-order valence-electron chi connectivity index (χ4n) is 3.64. The van der Waals surface area contributed by atoms with Crippen LogP contribution in [0.1, 0.15) is 25.3 Å². The van der Waals surface area contributed by atoms with Gasteiger partial charge in [-0.3, -0.25) is 9.78 Å². The third-order valence-electron chi connectivity index (χ3n) is 5.45. The molecule has 3 rings (SSSR count). The molecule has 33 heavy (non-hydrogen) atoms. The Bertz CT molecular complexity index is 902. The maximum absolute atomic E-state index is 12.7. The fraction of sp³-hybridized carbons (Fsp3) is 0.417. The molecule has 0 saturated carbocycles. The van der Waals surface area contributed by atoms with Crippen molar-refractivity contribution in [1.29, 1.82) is 0 Å². The van der Waals surface area contributed by atoms with E-state index in [-0.39, 0.29) is 31.6 Å². The molecule has 2 N–H and O–H groups in total. The van der Waals surface area contributed by atoms with Crippen molar-refractivity contribution in [3.63, 3.8) is 0 Å². The number of aromatic nitrogens is 1. The van der Waals surface area contributed by atoms with E-state index in [1.165, 1.54) is 0 Å². The lowest BCUT2D eigenvalue weighted by atomic mass is 9.95. The molecule has 1 unspecified atom stereocenters. The van der Waals surface area contributed by atoms with Gasteiger partial charge in [-0.25, -0.2) is 9.59 Å². The molecule has 2 aromatic rings. The number of amides is 2. The summed E-state index contributed by atoms with van der Waals surface area (Å²) < 4.78 is 10.2. The number of pyridine rings is 1. The number of nitrogens with one attached hydrogen (secondary N) is 2. The first-order chi connectivity index (χ1) is 16.1. The highest BCUT2D eigenvalue weighted by molar-refractivity contribution is 5.83. The highest BCUT2D eigenvalue weighted by atomic mass is 16.6. The van der Waals surface area contributed by atoms with Gasteiger partial charge in [0.2, 0.25) is 5.91 Å². The van der Waals surface area contributed by atoms with Crippen LogP contribution in [0.15, 0.2) is 54.9 Å². The normalized spacial score (nSPS) is 14.8. The quantitative estimate of drug-likeness (QED) is 0.560. The molecule has 9 nitrogen and oxygen atoms in total. The monoisotopic (exact) mass is 454 g/mol. The maximum atomic E-state index is 12.7. The first-order valence-corrected chi connectivity index (χ1v) is 11.1. The van der Waals surface area contributed by atoms with Crippen LogP contribution >= 0.6 is 0 Å². The van der Waals surface area contributed by atoms with Gasteiger partial charge >= 0.3 is 12.1 Å². The summed E-state index contributed by atoms with van der Waals surface area (Å²) in [6, 6.07) is 12.1. The Morgan fingerprint density at radius 3 is 2.42 bits per heavy atom. The average molecular weight is 455 g/mol. The summed E-state index contributed by atoms with van der Waals surface area (Å²) in [5, 5.41) is 5.28. The molecule has 2 amide bonds. The molecule has 0 radical (unpaired) electrons. The lowest BCUT2D eigenvalue weighted by molar-refractivity contribution is -0.145. The van der Waals surface area contributed by atoms with E-state index in [0.29, 0.717) is 12.8 Å². The molecule has 0 bridgehead atoms. The smallest absolute Gasteiger partial charge is 0.408 e. The highest BCUT2D eigenvalue weighted by Crippen LogP contribution is 2.22. The molecule has 1 aliphatic heterocycles. The molecule has 1 aromatic heterocycles. The fourth-order valence-corrected chi connectivity index (χ4v) is 3.64. The molecular formula is C24H30N4O5. The second kappa shape index (κ2) is 12.4. The number of esters is 1. The number of alkyl carbamates (subject to hydrolysis) is 1. The predicted octanol–water partition coefficient (Wildman–Crippen LogP) is 2.27. The zero-order valence-electron chi connectivity index (χ0n) is 18.7. The minimum absolute atomic E-state index is 0.0668. The van der Waals surface area contributed by atoms with E-state index in [9.17, 15) is 14.4 Å². The second-order valence-electron chi connectivity index (χ2n) is 7.72. The van der Waals surface area contributed by atoms with Crippen molar-refractivity contribution < 1.29 is 23.9 Å². The van der Waals surface area contributed by atoms with Crippen molar-refractivity contribution >= 4 is 23.7 Å². The first kappa shape index (κ1) is 24.0. The topological polar surface area (TPSA) is 110 Å². The number of carbonyl (C=O) groups is 3. The van der Waals surface area contributed by atoms with E-state index in [0.717, 1.165) is 24.3 Å². The zero-order chi connectivity index (χ0) is 23.5. The van der Waals surface area contributed by atoms with Crippen molar-refractivity contribution in [3.05, 3.63) is 60.4 Å². The van der Waals surface area contributed by atoms with Crippen LogP contribution in [0.3, 0.4) is 0 Å². The van der Waals surface area contributed by atoms with E-state index in [4.69, 9.17) is 9.47 Å². The Morgan fingerprint density at radius 1 is 1.06 bits per heavy atom. The lowest BCUT2D eigenvalue weighted by Crippen LogP contribution is -2.50. The minimum atomic E-state index is -1.03. The van der Waals surface area contributed by atoms with Gasteiger partial charge in [0.05, 0.1) is 6.61 Å². The van der Waals surface area contributed by atoms with Gasteiger partial charge in [0.15, 0.2) is 0 Å². The van der Waals surface area contributed by atoms with Crippen LogP contribution in [0.5, 0.6) is 0 Å². The molecule has 1 saturated heterocycles. The number of hydrogen-bond donors (Lipinski definition) is 2. The van der Waals surface area contributed by atoms with E-state index < -0.39 is 18.1 Å². The number of nitrogens with zero attached hydrogens (tertiary/aromatic N) is 2. The number of piperidine rings is 1. The van der Waals surface area contributed by atoms with Crippen LogP contribution in [0.2, 0.25) is 0 Å². The van der Waals surface area contributed by atoms with Crippen LogP contribution in [0.25, 0.3) is 0 Å². The highest BCUT2D eigenvalue weighted by Gasteiger charge is 2.28. The van der Waals surface area contributed by atoms with Crippen LogP contribution in [-0.2, 0) is 25.7 Å². The summed E-state index contributed by atoms with van der Waals surface area (Å²) in [5.74, 6) is -0.920. The molecule has 9 heteroatoms. The van der Waals surface area contributed by atoms with Gasteiger partial charge in [-0.1, -0.05) is 30.3 Å². The number of anilines is 1. The van der Waals surface area contributed by atoms with Crippen molar-refractivity contribution in [2.75, 3.05) is 31.1 Å². The van der Waals surface area contributed by atoms with E-state index in [1.54, 1.807) is 19.3 Å². The summed E-state index contributed by atoms with van der Waals surface area (Å²) in [7, 11) is 0. The van der Waals surface area contributed by atoms with Gasteiger partial charge in [0.1, 0.15) is 12.6 Å². The van der Waals surface area contributed by atoms with Crippen molar-refractivity contribution in [2.45, 2.75) is 32.4 Å². The molecule has 0 spiro atoms. The van der Waals surface area contributed by atoms with Gasteiger partial charge in [-0.2, -0.15) is 0 Å². The van der Waals surface area contributed by atoms with Crippen molar-refractivity contribution in [2.24, 2.45) is 5.92 Å². The Balaban J connectivity index is 1.47. The van der Waals surface area contributed by atoms with Gasteiger partial charge in [-0.05, 0) is 37.5 Å². The molecule has 1 atom stereocenters. The second-order valence-corrected chi connectivity index (χ2v) is 7.72. The van der Waals surface area contributed by atoms with Crippen molar-refractivity contribution in [1.82, 2.24) is 15.6 Å². The summed E-state index contributed by atoms with van der Waals surface area (Å²) in [6.07, 6.45) is 4.15. The average Bonchev–Trinajstić information content (AvgIpc) is 2.86. The maximum Gasteiger partial charge on any atom is 0.408 e. The molecule has 176 valence electrons. The first-order valence-electron chi connectivity index (χ1n) is 11.1. The summed E-state index contributed by atoms with van der Waals surface area (Å²) in [6.45, 7) is 3.36. The summed E-state index contributed by atoms with van der Waals surface area (Å²) in [4.78, 5) is 43.4. The molecule has 1 aliphatic rings. The third kappa shape index (κ3) is 7.48. The van der Waals surface area contributed by atoms with Gasteiger partial charge < -0.3 is 25.0 Å². The van der Waals surface area contributed by atoms with Gasteiger partial charge in [0, 0.05) is 43.6 Å². The predicted molar refractivity (Wildman–Crippen MR) is 122 cm³/mol. The van der Waals surface area contributed by atoms with Gasteiger partial charge in [0.25, 0.3) is 0 Å². The molecular weight excluding hydrogens is 424 g/mol.